The number of benzene rings is 1. The van der Waals surface area contributed by atoms with Crippen LogP contribution in [0.2, 0.25) is 0 Å². The number of nitrogens with one attached hydrogen (secondary N) is 1. The SMILES string of the molecule is CCNC(=O)[C@H](C)Sc1nnc(-c2ccc(OC)cc2)n1[C@@H]1CCCC[C@@H]1C. The highest BCUT2D eigenvalue weighted by Gasteiger charge is 2.30. The minimum atomic E-state index is -0.217. The first-order valence-electron chi connectivity index (χ1n) is 10.1. The van der Waals surface area contributed by atoms with Crippen LogP contribution in [0.15, 0.2) is 29.4 Å². The maximum absolute atomic E-state index is 12.2. The van der Waals surface area contributed by atoms with Crippen LogP contribution in [0.5, 0.6) is 5.75 Å². The highest BCUT2D eigenvalue weighted by molar-refractivity contribution is 8.00. The summed E-state index contributed by atoms with van der Waals surface area (Å²) in [7, 11) is 1.67. The zero-order chi connectivity index (χ0) is 20.1. The molecule has 0 spiro atoms. The van der Waals surface area contributed by atoms with Crippen LogP contribution >= 0.6 is 11.8 Å². The van der Waals surface area contributed by atoms with Gasteiger partial charge in [-0.05, 0) is 56.9 Å². The maximum Gasteiger partial charge on any atom is 0.233 e. The molecule has 1 saturated carbocycles. The van der Waals surface area contributed by atoms with E-state index < -0.39 is 0 Å². The van der Waals surface area contributed by atoms with Gasteiger partial charge in [0.2, 0.25) is 5.91 Å². The molecule has 152 valence electrons. The van der Waals surface area contributed by atoms with Crippen LogP contribution in [0.4, 0.5) is 0 Å². The molecule has 1 aromatic heterocycles. The van der Waals surface area contributed by atoms with Crippen molar-refractivity contribution in [3.05, 3.63) is 24.3 Å². The van der Waals surface area contributed by atoms with Crippen molar-refractivity contribution in [1.29, 1.82) is 0 Å². The molecular formula is C21H30N4O2S. The van der Waals surface area contributed by atoms with Crippen molar-refractivity contribution < 1.29 is 9.53 Å². The van der Waals surface area contributed by atoms with Gasteiger partial charge < -0.3 is 10.1 Å². The first-order chi connectivity index (χ1) is 13.5. The zero-order valence-electron chi connectivity index (χ0n) is 17.1. The molecule has 1 heterocycles. The van der Waals surface area contributed by atoms with E-state index in [0.717, 1.165) is 28.7 Å². The lowest BCUT2D eigenvalue weighted by molar-refractivity contribution is -0.120. The van der Waals surface area contributed by atoms with E-state index in [0.29, 0.717) is 18.5 Å². The van der Waals surface area contributed by atoms with E-state index in [1.54, 1.807) is 7.11 Å². The van der Waals surface area contributed by atoms with Crippen LogP contribution in [-0.4, -0.2) is 39.6 Å². The molecule has 1 fully saturated rings. The monoisotopic (exact) mass is 402 g/mol. The molecule has 1 aromatic carbocycles. The van der Waals surface area contributed by atoms with Gasteiger partial charge in [0.05, 0.1) is 12.4 Å². The van der Waals surface area contributed by atoms with Crippen molar-refractivity contribution in [2.45, 2.75) is 62.9 Å². The number of rotatable bonds is 7. The molecule has 0 unspecified atom stereocenters. The average molecular weight is 403 g/mol. The number of amides is 1. The van der Waals surface area contributed by atoms with Crippen molar-refractivity contribution in [2.24, 2.45) is 5.92 Å². The number of hydrogen-bond donors (Lipinski definition) is 1. The lowest BCUT2D eigenvalue weighted by Crippen LogP contribution is -2.31. The smallest absolute Gasteiger partial charge is 0.233 e. The molecule has 28 heavy (non-hydrogen) atoms. The van der Waals surface area contributed by atoms with E-state index in [2.05, 4.69) is 27.0 Å². The fraction of sp³-hybridized carbons (Fsp3) is 0.571. The molecule has 3 rings (SSSR count). The Bertz CT molecular complexity index is 790. The van der Waals surface area contributed by atoms with Gasteiger partial charge >= 0.3 is 0 Å². The van der Waals surface area contributed by atoms with Crippen LogP contribution < -0.4 is 10.1 Å². The number of thioether (sulfide) groups is 1. The normalized spacial score (nSPS) is 20.6. The van der Waals surface area contributed by atoms with Crippen LogP contribution in [0, 0.1) is 5.92 Å². The molecule has 0 radical (unpaired) electrons. The van der Waals surface area contributed by atoms with Crippen LogP contribution in [0.1, 0.15) is 52.5 Å². The fourth-order valence-electron chi connectivity index (χ4n) is 3.80. The Morgan fingerprint density at radius 1 is 1.29 bits per heavy atom. The summed E-state index contributed by atoms with van der Waals surface area (Å²) in [5, 5.41) is 12.5. The van der Waals surface area contributed by atoms with E-state index in [9.17, 15) is 4.79 Å². The van der Waals surface area contributed by atoms with Crippen LogP contribution in [0.25, 0.3) is 11.4 Å². The Hall–Kier alpha value is -2.02. The Morgan fingerprint density at radius 2 is 2.00 bits per heavy atom. The average Bonchev–Trinajstić information content (AvgIpc) is 3.11. The fourth-order valence-corrected chi connectivity index (χ4v) is 4.73. The number of ether oxygens (including phenoxy) is 1. The standard InChI is InChI=1S/C21H30N4O2S/c1-5-22-20(26)15(3)28-21-24-23-19(16-10-12-17(27-4)13-11-16)25(21)18-9-7-6-8-14(18)2/h10-15,18H,5-9H2,1-4H3,(H,22,26)/t14-,15-,18+/m0/s1. The Morgan fingerprint density at radius 3 is 2.64 bits per heavy atom. The van der Waals surface area contributed by atoms with Gasteiger partial charge in [0.15, 0.2) is 11.0 Å². The zero-order valence-corrected chi connectivity index (χ0v) is 18.0. The summed E-state index contributed by atoms with van der Waals surface area (Å²) in [5.74, 6) is 2.28. The molecule has 0 bridgehead atoms. The molecule has 1 N–H and O–H groups in total. The summed E-state index contributed by atoms with van der Waals surface area (Å²) >= 11 is 1.49. The topological polar surface area (TPSA) is 69.0 Å². The molecule has 3 atom stereocenters. The van der Waals surface area contributed by atoms with Gasteiger partial charge in [-0.25, -0.2) is 0 Å². The van der Waals surface area contributed by atoms with E-state index in [-0.39, 0.29) is 11.2 Å². The summed E-state index contributed by atoms with van der Waals surface area (Å²) in [5.41, 5.74) is 1.02. The highest BCUT2D eigenvalue weighted by Crippen LogP contribution is 2.39. The molecule has 1 aliphatic rings. The summed E-state index contributed by atoms with van der Waals surface area (Å²) in [6, 6.07) is 8.29. The second kappa shape index (κ2) is 9.45. The molecule has 7 heteroatoms. The molecule has 1 aliphatic carbocycles. The number of nitrogens with zero attached hydrogens (tertiary/aromatic N) is 3. The first-order valence-corrected chi connectivity index (χ1v) is 11.0. The van der Waals surface area contributed by atoms with Crippen molar-refractivity contribution in [3.63, 3.8) is 0 Å². The Balaban J connectivity index is 1.97. The van der Waals surface area contributed by atoms with Gasteiger partial charge in [0, 0.05) is 18.2 Å². The van der Waals surface area contributed by atoms with E-state index in [4.69, 9.17) is 4.74 Å². The highest BCUT2D eigenvalue weighted by atomic mass is 32.2. The van der Waals surface area contributed by atoms with Crippen molar-refractivity contribution in [3.8, 4) is 17.1 Å². The Labute approximate surface area is 171 Å². The van der Waals surface area contributed by atoms with Gasteiger partial charge in [0.1, 0.15) is 5.75 Å². The van der Waals surface area contributed by atoms with Gasteiger partial charge in [-0.2, -0.15) is 0 Å². The lowest BCUT2D eigenvalue weighted by atomic mass is 9.85. The summed E-state index contributed by atoms with van der Waals surface area (Å²) in [6.45, 7) is 6.80. The number of carbonyl (C=O) groups excluding carboxylic acids is 1. The maximum atomic E-state index is 12.2. The molecular weight excluding hydrogens is 372 g/mol. The van der Waals surface area contributed by atoms with Crippen molar-refractivity contribution >= 4 is 17.7 Å². The minimum absolute atomic E-state index is 0.0322. The Kier molecular flexibility index (Phi) is 6.99. The summed E-state index contributed by atoms with van der Waals surface area (Å²) in [4.78, 5) is 12.2. The molecule has 0 saturated heterocycles. The summed E-state index contributed by atoms with van der Waals surface area (Å²) < 4.78 is 7.55. The second-order valence-electron chi connectivity index (χ2n) is 7.39. The van der Waals surface area contributed by atoms with Gasteiger partial charge in [-0.3, -0.25) is 9.36 Å². The van der Waals surface area contributed by atoms with Gasteiger partial charge in [-0.15, -0.1) is 10.2 Å². The third-order valence-electron chi connectivity index (χ3n) is 5.41. The van der Waals surface area contributed by atoms with E-state index in [1.165, 1.54) is 31.0 Å². The first kappa shape index (κ1) is 20.7. The van der Waals surface area contributed by atoms with Crippen molar-refractivity contribution in [1.82, 2.24) is 20.1 Å². The van der Waals surface area contributed by atoms with Crippen LogP contribution in [0.3, 0.4) is 0 Å². The van der Waals surface area contributed by atoms with Crippen LogP contribution in [-0.2, 0) is 4.79 Å². The quantitative estimate of drug-likeness (QED) is 0.699. The van der Waals surface area contributed by atoms with E-state index >= 15 is 0 Å². The lowest BCUT2D eigenvalue weighted by Gasteiger charge is -2.31. The van der Waals surface area contributed by atoms with Gasteiger partial charge in [-0.1, -0.05) is 31.5 Å². The number of carbonyl (C=O) groups is 1. The third-order valence-corrected chi connectivity index (χ3v) is 6.47. The van der Waals surface area contributed by atoms with Crippen molar-refractivity contribution in [2.75, 3.05) is 13.7 Å². The number of hydrogen-bond acceptors (Lipinski definition) is 5. The predicted molar refractivity (Wildman–Crippen MR) is 113 cm³/mol. The second-order valence-corrected chi connectivity index (χ2v) is 8.70. The minimum Gasteiger partial charge on any atom is -0.497 e. The molecule has 1 amide bonds. The third kappa shape index (κ3) is 4.51. The predicted octanol–water partition coefficient (Wildman–Crippen LogP) is 4.32. The molecule has 2 aromatic rings. The number of methoxy groups -OCH3 is 1. The molecule has 0 aliphatic heterocycles. The molecule has 6 nitrogen and oxygen atoms in total. The number of aromatic nitrogens is 3. The van der Waals surface area contributed by atoms with E-state index in [1.807, 2.05) is 38.1 Å². The van der Waals surface area contributed by atoms with Gasteiger partial charge in [0.25, 0.3) is 0 Å². The summed E-state index contributed by atoms with van der Waals surface area (Å²) in [6.07, 6.45) is 4.81. The largest absolute Gasteiger partial charge is 0.497 e.